The molecule has 0 atom stereocenters. The lowest BCUT2D eigenvalue weighted by molar-refractivity contribution is -0.136. The number of hydrogen-bond acceptors (Lipinski definition) is 3. The number of rotatable bonds is 2. The summed E-state index contributed by atoms with van der Waals surface area (Å²) >= 11 is 0. The van der Waals surface area contributed by atoms with Gasteiger partial charge >= 0.3 is 11.9 Å². The Bertz CT molecular complexity index is 148. The molecule has 0 aromatic heterocycles. The number of carboxylic acids is 1. The van der Waals surface area contributed by atoms with E-state index in [1.54, 1.807) is 0 Å². The molecule has 10 heavy (non-hydrogen) atoms. The monoisotopic (exact) mass is 148 g/mol. The molecule has 0 radical (unpaired) electrons. The first-order chi connectivity index (χ1) is 4.16. The van der Waals surface area contributed by atoms with Crippen LogP contribution in [0, 0.1) is 0 Å². The fraction of sp³-hybridized carbons (Fsp3) is 0.200. The van der Waals surface area contributed by atoms with Crippen molar-refractivity contribution in [3.8, 4) is 0 Å². The molecule has 0 rings (SSSR count). The van der Waals surface area contributed by atoms with Gasteiger partial charge in [-0.15, -0.1) is 0 Å². The van der Waals surface area contributed by atoms with Crippen LogP contribution in [-0.4, -0.2) is 29.6 Å². The maximum atomic E-state index is 10.1. The van der Waals surface area contributed by atoms with Crippen molar-refractivity contribution in [1.82, 2.24) is 0 Å². The zero-order valence-corrected chi connectivity index (χ0v) is 5.33. The Hall–Kier alpha value is -1.36. The van der Waals surface area contributed by atoms with Crippen molar-refractivity contribution < 1.29 is 24.9 Å². The van der Waals surface area contributed by atoms with Gasteiger partial charge < -0.3 is 15.3 Å². The standard InChI is InChI=1S/C5H6O4.H2O/c1-9-5(8)3-2-4(6)7;/h2-3H,1H3,(H,6,7);1H2/b3-2+;. The van der Waals surface area contributed by atoms with Gasteiger partial charge in [-0.05, 0) is 0 Å². The fourth-order valence-corrected chi connectivity index (χ4v) is 0.207. The number of carboxylic acid groups (broad SMARTS) is 1. The van der Waals surface area contributed by atoms with E-state index in [1.165, 1.54) is 7.11 Å². The van der Waals surface area contributed by atoms with Gasteiger partial charge in [0.1, 0.15) is 0 Å². The highest BCUT2D eigenvalue weighted by molar-refractivity contribution is 5.90. The molecule has 3 N–H and O–H groups in total. The van der Waals surface area contributed by atoms with Crippen LogP contribution in [0.1, 0.15) is 0 Å². The third kappa shape index (κ3) is 6.64. The minimum atomic E-state index is -1.17. The van der Waals surface area contributed by atoms with Gasteiger partial charge in [-0.3, -0.25) is 0 Å². The van der Waals surface area contributed by atoms with Crippen molar-refractivity contribution in [1.29, 1.82) is 0 Å². The third-order valence-corrected chi connectivity index (χ3v) is 0.563. The molecule has 0 aromatic carbocycles. The summed E-state index contributed by atoms with van der Waals surface area (Å²) in [4.78, 5) is 19.9. The highest BCUT2D eigenvalue weighted by Gasteiger charge is 1.91. The summed E-state index contributed by atoms with van der Waals surface area (Å²) in [5.74, 6) is -1.84. The number of carbonyl (C=O) groups excluding carboxylic acids is 1. The fourth-order valence-electron chi connectivity index (χ4n) is 0.207. The molecule has 0 saturated carbocycles. The lowest BCUT2D eigenvalue weighted by Gasteiger charge is -1.85. The third-order valence-electron chi connectivity index (χ3n) is 0.563. The van der Waals surface area contributed by atoms with E-state index in [0.717, 1.165) is 6.08 Å². The summed E-state index contributed by atoms with van der Waals surface area (Å²) in [5, 5.41) is 7.96. The second-order valence-electron chi connectivity index (χ2n) is 1.19. The van der Waals surface area contributed by atoms with Crippen LogP contribution >= 0.6 is 0 Å². The number of esters is 1. The molecule has 0 aliphatic rings. The Balaban J connectivity index is 0. The summed E-state index contributed by atoms with van der Waals surface area (Å²) in [6.45, 7) is 0. The first-order valence-electron chi connectivity index (χ1n) is 2.15. The summed E-state index contributed by atoms with van der Waals surface area (Å²) < 4.78 is 4.11. The van der Waals surface area contributed by atoms with Crippen molar-refractivity contribution in [2.75, 3.05) is 7.11 Å². The minimum absolute atomic E-state index is 0. The van der Waals surface area contributed by atoms with Gasteiger partial charge in [-0.25, -0.2) is 9.59 Å². The number of carbonyl (C=O) groups is 2. The van der Waals surface area contributed by atoms with Crippen LogP contribution in [0.4, 0.5) is 0 Å². The molecule has 0 spiro atoms. The Morgan fingerprint density at radius 2 is 1.90 bits per heavy atom. The number of aliphatic carboxylic acids is 1. The van der Waals surface area contributed by atoms with Crippen LogP contribution in [0.5, 0.6) is 0 Å². The molecule has 0 aromatic rings. The molecule has 0 bridgehead atoms. The van der Waals surface area contributed by atoms with Crippen molar-refractivity contribution in [3.63, 3.8) is 0 Å². The highest BCUT2D eigenvalue weighted by atomic mass is 16.5. The lowest BCUT2D eigenvalue weighted by Crippen LogP contribution is -1.96. The van der Waals surface area contributed by atoms with Crippen LogP contribution in [0.3, 0.4) is 0 Å². The average molecular weight is 148 g/mol. The predicted octanol–water partition coefficient (Wildman–Crippen LogP) is -1.02. The number of ether oxygens (including phenoxy) is 1. The maximum Gasteiger partial charge on any atom is 0.330 e. The van der Waals surface area contributed by atoms with Crippen molar-refractivity contribution >= 4 is 11.9 Å². The normalized spacial score (nSPS) is 8.50. The van der Waals surface area contributed by atoms with Gasteiger partial charge in [0, 0.05) is 12.2 Å². The van der Waals surface area contributed by atoms with E-state index in [4.69, 9.17) is 5.11 Å². The highest BCUT2D eigenvalue weighted by Crippen LogP contribution is 1.76. The van der Waals surface area contributed by atoms with Gasteiger partial charge in [-0.2, -0.15) is 0 Å². The minimum Gasteiger partial charge on any atom is -0.478 e. The number of hydrogen-bond donors (Lipinski definition) is 1. The quantitative estimate of drug-likeness (QED) is 0.400. The molecule has 0 aliphatic carbocycles. The average Bonchev–Trinajstić information content (AvgIpc) is 1.83. The number of methoxy groups -OCH3 is 1. The largest absolute Gasteiger partial charge is 0.478 e. The molecule has 0 heterocycles. The van der Waals surface area contributed by atoms with Crippen molar-refractivity contribution in [3.05, 3.63) is 12.2 Å². The van der Waals surface area contributed by atoms with E-state index in [0.29, 0.717) is 6.08 Å². The zero-order chi connectivity index (χ0) is 7.28. The zero-order valence-electron chi connectivity index (χ0n) is 5.33. The van der Waals surface area contributed by atoms with Gasteiger partial charge in [0.2, 0.25) is 0 Å². The second-order valence-corrected chi connectivity index (χ2v) is 1.19. The van der Waals surface area contributed by atoms with Crippen LogP contribution in [0.15, 0.2) is 12.2 Å². The molecule has 5 heteroatoms. The molecule has 0 aliphatic heterocycles. The Labute approximate surface area is 57.2 Å². The molecule has 0 unspecified atom stereocenters. The van der Waals surface area contributed by atoms with E-state index in [9.17, 15) is 9.59 Å². The van der Waals surface area contributed by atoms with Gasteiger partial charge in [-0.1, -0.05) is 0 Å². The van der Waals surface area contributed by atoms with Crippen LogP contribution < -0.4 is 0 Å². The summed E-state index contributed by atoms with van der Waals surface area (Å²) in [6, 6.07) is 0. The SMILES string of the molecule is COC(=O)/C=C/C(=O)O.O. The maximum absolute atomic E-state index is 10.1. The summed E-state index contributed by atoms with van der Waals surface area (Å²) in [7, 11) is 1.18. The van der Waals surface area contributed by atoms with Crippen molar-refractivity contribution in [2.45, 2.75) is 0 Å². The van der Waals surface area contributed by atoms with E-state index >= 15 is 0 Å². The van der Waals surface area contributed by atoms with Crippen LogP contribution in [0.25, 0.3) is 0 Å². The summed E-state index contributed by atoms with van der Waals surface area (Å²) in [6.07, 6.45) is 1.55. The molecular weight excluding hydrogens is 140 g/mol. The first-order valence-corrected chi connectivity index (χ1v) is 2.15. The Kier molecular flexibility index (Phi) is 6.60. The molecule has 0 fully saturated rings. The van der Waals surface area contributed by atoms with E-state index in [1.807, 2.05) is 0 Å². The van der Waals surface area contributed by atoms with Gasteiger partial charge in [0.05, 0.1) is 7.11 Å². The Morgan fingerprint density at radius 3 is 2.20 bits per heavy atom. The smallest absolute Gasteiger partial charge is 0.330 e. The molecular formula is C5H8O5. The second kappa shape index (κ2) is 5.77. The van der Waals surface area contributed by atoms with Gasteiger partial charge in [0.25, 0.3) is 0 Å². The topological polar surface area (TPSA) is 95.1 Å². The first kappa shape index (κ1) is 11.4. The van der Waals surface area contributed by atoms with E-state index in [2.05, 4.69) is 4.74 Å². The molecule has 58 valence electrons. The molecule has 0 saturated heterocycles. The lowest BCUT2D eigenvalue weighted by atomic mass is 10.5. The van der Waals surface area contributed by atoms with E-state index in [-0.39, 0.29) is 5.48 Å². The van der Waals surface area contributed by atoms with Crippen LogP contribution in [-0.2, 0) is 14.3 Å². The summed E-state index contributed by atoms with van der Waals surface area (Å²) in [5.41, 5.74) is 0. The Morgan fingerprint density at radius 1 is 1.40 bits per heavy atom. The molecule has 0 amide bonds. The van der Waals surface area contributed by atoms with Crippen molar-refractivity contribution in [2.24, 2.45) is 0 Å². The molecule has 5 nitrogen and oxygen atoms in total. The predicted molar refractivity (Wildman–Crippen MR) is 32.4 cm³/mol. The van der Waals surface area contributed by atoms with Gasteiger partial charge in [0.15, 0.2) is 0 Å². The van der Waals surface area contributed by atoms with Crippen LogP contribution in [0.2, 0.25) is 0 Å². The van der Waals surface area contributed by atoms with E-state index < -0.39 is 11.9 Å².